The Hall–Kier alpha value is -1.71. The zero-order chi connectivity index (χ0) is 14.8. The van der Waals surface area contributed by atoms with Gasteiger partial charge in [0, 0.05) is 16.9 Å². The van der Waals surface area contributed by atoms with Gasteiger partial charge in [-0.1, -0.05) is 0 Å². The van der Waals surface area contributed by atoms with Crippen LogP contribution in [0.2, 0.25) is 0 Å². The Balaban J connectivity index is 2.43. The van der Waals surface area contributed by atoms with Gasteiger partial charge in [0.1, 0.15) is 10.7 Å². The van der Waals surface area contributed by atoms with Crippen LogP contribution in [0, 0.1) is 6.92 Å². The number of hydrogen-bond donors (Lipinski definition) is 3. The quantitative estimate of drug-likeness (QED) is 0.566. The molecule has 0 aliphatic carbocycles. The number of anilines is 2. The molecule has 0 amide bonds. The average molecular weight is 358 g/mol. The molecule has 0 bridgehead atoms. The van der Waals surface area contributed by atoms with E-state index in [4.69, 9.17) is 5.84 Å². The molecule has 2 aromatic heterocycles. The molecule has 106 valence electrons. The fraction of sp³-hybridized carbons (Fsp3) is 0.0909. The molecule has 0 radical (unpaired) electrons. The minimum atomic E-state index is -3.84. The van der Waals surface area contributed by atoms with Crippen molar-refractivity contribution in [2.24, 2.45) is 5.84 Å². The molecule has 0 saturated carbocycles. The summed E-state index contributed by atoms with van der Waals surface area (Å²) in [7, 11) is -3.84. The first kappa shape index (κ1) is 14.7. The SMILES string of the molecule is Cc1ccnc(NS(=O)(=O)c2cc(Br)cnc2NN)c1. The topological polar surface area (TPSA) is 110 Å². The van der Waals surface area contributed by atoms with Crippen LogP contribution in [0.3, 0.4) is 0 Å². The molecular weight excluding hydrogens is 346 g/mol. The highest BCUT2D eigenvalue weighted by Crippen LogP contribution is 2.24. The van der Waals surface area contributed by atoms with E-state index in [9.17, 15) is 8.42 Å². The standard InChI is InChI=1S/C11H12BrN5O2S/c1-7-2-3-14-10(4-7)17-20(18,19)9-5-8(12)6-15-11(9)16-13/h2-6H,13H2,1H3,(H,14,17)(H,15,16). The van der Waals surface area contributed by atoms with Gasteiger partial charge in [-0.05, 0) is 46.6 Å². The molecule has 0 aromatic carbocycles. The van der Waals surface area contributed by atoms with E-state index < -0.39 is 10.0 Å². The Morgan fingerprint density at radius 2 is 2.05 bits per heavy atom. The third kappa shape index (κ3) is 3.24. The lowest BCUT2D eigenvalue weighted by Gasteiger charge is -2.11. The molecule has 2 aromatic rings. The second-order valence-corrected chi connectivity index (χ2v) is 6.54. The zero-order valence-electron chi connectivity index (χ0n) is 10.5. The Kier molecular flexibility index (Phi) is 4.21. The van der Waals surface area contributed by atoms with Gasteiger partial charge in [0.05, 0.1) is 0 Å². The second-order valence-electron chi connectivity index (χ2n) is 3.97. The predicted molar refractivity (Wildman–Crippen MR) is 79.5 cm³/mol. The maximum Gasteiger partial charge on any atom is 0.266 e. The maximum atomic E-state index is 12.3. The first-order chi connectivity index (χ1) is 9.42. The van der Waals surface area contributed by atoms with E-state index in [1.165, 1.54) is 18.5 Å². The molecule has 4 N–H and O–H groups in total. The van der Waals surface area contributed by atoms with Gasteiger partial charge in [-0.3, -0.25) is 4.72 Å². The number of nitrogens with two attached hydrogens (primary N) is 1. The largest absolute Gasteiger partial charge is 0.307 e. The molecule has 0 unspecified atom stereocenters. The van der Waals surface area contributed by atoms with Gasteiger partial charge >= 0.3 is 0 Å². The van der Waals surface area contributed by atoms with E-state index in [2.05, 4.69) is 36.0 Å². The molecular formula is C11H12BrN5O2S. The molecule has 20 heavy (non-hydrogen) atoms. The van der Waals surface area contributed by atoms with Crippen LogP contribution in [0.4, 0.5) is 11.6 Å². The highest BCUT2D eigenvalue weighted by atomic mass is 79.9. The van der Waals surface area contributed by atoms with Crippen LogP contribution >= 0.6 is 15.9 Å². The number of hydrogen-bond acceptors (Lipinski definition) is 6. The van der Waals surface area contributed by atoms with Crippen molar-refractivity contribution < 1.29 is 8.42 Å². The molecule has 7 nitrogen and oxygen atoms in total. The van der Waals surface area contributed by atoms with Gasteiger partial charge in [-0.15, -0.1) is 0 Å². The van der Waals surface area contributed by atoms with Crippen molar-refractivity contribution in [2.45, 2.75) is 11.8 Å². The Morgan fingerprint density at radius 1 is 1.30 bits per heavy atom. The highest BCUT2D eigenvalue weighted by Gasteiger charge is 2.20. The van der Waals surface area contributed by atoms with Crippen LogP contribution in [0.1, 0.15) is 5.56 Å². The van der Waals surface area contributed by atoms with E-state index in [0.29, 0.717) is 4.47 Å². The van der Waals surface area contributed by atoms with E-state index >= 15 is 0 Å². The number of sulfonamides is 1. The van der Waals surface area contributed by atoms with Gasteiger partial charge in [0.2, 0.25) is 0 Å². The smallest absolute Gasteiger partial charge is 0.266 e. The molecule has 0 aliphatic rings. The van der Waals surface area contributed by atoms with Gasteiger partial charge < -0.3 is 5.43 Å². The van der Waals surface area contributed by atoms with Crippen LogP contribution in [-0.2, 0) is 10.0 Å². The van der Waals surface area contributed by atoms with E-state index in [-0.39, 0.29) is 16.5 Å². The summed E-state index contributed by atoms with van der Waals surface area (Å²) in [6.07, 6.45) is 2.97. The van der Waals surface area contributed by atoms with Crippen molar-refractivity contribution in [3.05, 3.63) is 40.6 Å². The Labute approximate surface area is 124 Å². The fourth-order valence-corrected chi connectivity index (χ4v) is 3.15. The normalized spacial score (nSPS) is 11.2. The van der Waals surface area contributed by atoms with Crippen molar-refractivity contribution in [3.63, 3.8) is 0 Å². The summed E-state index contributed by atoms with van der Waals surface area (Å²) in [5, 5.41) is 0. The van der Waals surface area contributed by atoms with Gasteiger partial charge in [0.25, 0.3) is 10.0 Å². The summed E-state index contributed by atoms with van der Waals surface area (Å²) >= 11 is 3.18. The van der Waals surface area contributed by atoms with Crippen LogP contribution < -0.4 is 16.0 Å². The van der Waals surface area contributed by atoms with Crippen molar-refractivity contribution in [3.8, 4) is 0 Å². The summed E-state index contributed by atoms with van der Waals surface area (Å²) in [6, 6.07) is 4.80. The molecule has 0 aliphatic heterocycles. The molecule has 0 saturated heterocycles. The first-order valence-electron chi connectivity index (χ1n) is 5.50. The summed E-state index contributed by atoms with van der Waals surface area (Å²) in [6.45, 7) is 1.84. The number of nitrogens with one attached hydrogen (secondary N) is 2. The van der Waals surface area contributed by atoms with Crippen LogP contribution in [-0.4, -0.2) is 18.4 Å². The zero-order valence-corrected chi connectivity index (χ0v) is 12.9. The molecule has 0 spiro atoms. The summed E-state index contributed by atoms with van der Waals surface area (Å²) in [5.74, 6) is 5.56. The van der Waals surface area contributed by atoms with Gasteiger partial charge in [0.15, 0.2) is 5.82 Å². The van der Waals surface area contributed by atoms with Crippen LogP contribution in [0.15, 0.2) is 40.0 Å². The number of hydrazine groups is 1. The molecule has 2 heterocycles. The van der Waals surface area contributed by atoms with Crippen molar-refractivity contribution >= 4 is 37.6 Å². The average Bonchev–Trinajstić information content (AvgIpc) is 2.38. The number of halogens is 1. The second kappa shape index (κ2) is 5.73. The molecule has 2 rings (SSSR count). The van der Waals surface area contributed by atoms with E-state index in [1.807, 2.05) is 6.92 Å². The number of rotatable bonds is 4. The maximum absolute atomic E-state index is 12.3. The Bertz CT molecular complexity index is 735. The molecule has 0 fully saturated rings. The lowest BCUT2D eigenvalue weighted by atomic mass is 10.3. The minimum Gasteiger partial charge on any atom is -0.307 e. The lowest BCUT2D eigenvalue weighted by Crippen LogP contribution is -2.19. The van der Waals surface area contributed by atoms with Crippen molar-refractivity contribution in [1.29, 1.82) is 0 Å². The summed E-state index contributed by atoms with van der Waals surface area (Å²) < 4.78 is 27.6. The summed E-state index contributed by atoms with van der Waals surface area (Å²) in [5.41, 5.74) is 3.15. The minimum absolute atomic E-state index is 0.0494. The fourth-order valence-electron chi connectivity index (χ4n) is 1.52. The number of aromatic nitrogens is 2. The number of nitrogen functional groups attached to an aromatic ring is 1. The van der Waals surface area contributed by atoms with Crippen molar-refractivity contribution in [2.75, 3.05) is 10.1 Å². The lowest BCUT2D eigenvalue weighted by molar-refractivity contribution is 0.601. The van der Waals surface area contributed by atoms with Crippen LogP contribution in [0.5, 0.6) is 0 Å². The van der Waals surface area contributed by atoms with E-state index in [0.717, 1.165) is 5.56 Å². The Morgan fingerprint density at radius 3 is 2.70 bits per heavy atom. The predicted octanol–water partition coefficient (Wildman–Crippen LogP) is 1.63. The number of pyridine rings is 2. The molecule has 9 heteroatoms. The van der Waals surface area contributed by atoms with Gasteiger partial charge in [-0.25, -0.2) is 24.2 Å². The van der Waals surface area contributed by atoms with Crippen LogP contribution in [0.25, 0.3) is 0 Å². The highest BCUT2D eigenvalue weighted by molar-refractivity contribution is 9.10. The molecule has 0 atom stereocenters. The third-order valence-corrected chi connectivity index (χ3v) is 4.20. The first-order valence-corrected chi connectivity index (χ1v) is 7.77. The number of aryl methyl sites for hydroxylation is 1. The van der Waals surface area contributed by atoms with E-state index in [1.54, 1.807) is 12.1 Å². The van der Waals surface area contributed by atoms with Crippen molar-refractivity contribution in [1.82, 2.24) is 9.97 Å². The monoisotopic (exact) mass is 357 g/mol. The summed E-state index contributed by atoms with van der Waals surface area (Å²) in [4.78, 5) is 7.78. The van der Waals surface area contributed by atoms with Gasteiger partial charge in [-0.2, -0.15) is 0 Å². The third-order valence-electron chi connectivity index (χ3n) is 2.40. The number of nitrogens with zero attached hydrogens (tertiary/aromatic N) is 2.